The Morgan fingerprint density at radius 3 is 0.983 bits per heavy atom. The Kier molecular flexibility index (Phi) is 41.0. The van der Waals surface area contributed by atoms with Crippen LogP contribution in [-0.2, 0) is 28.6 Å². The summed E-state index contributed by atoms with van der Waals surface area (Å²) in [5.41, 5.74) is 0. The van der Waals surface area contributed by atoms with Crippen molar-refractivity contribution in [2.24, 2.45) is 0 Å². The molecule has 6 nitrogen and oxygen atoms in total. The number of hydrogen-bond donors (Lipinski definition) is 0. The van der Waals surface area contributed by atoms with Crippen LogP contribution < -0.4 is 0 Å². The summed E-state index contributed by atoms with van der Waals surface area (Å²) >= 11 is 0. The number of hydrogen-bond acceptors (Lipinski definition) is 6. The van der Waals surface area contributed by atoms with Crippen LogP contribution in [0.1, 0.15) is 111 Å². The molecule has 0 radical (unpaired) electrons. The zero-order valence-corrected chi connectivity index (χ0v) is 36.2. The van der Waals surface area contributed by atoms with Crippen molar-refractivity contribution in [3.63, 3.8) is 0 Å². The molecule has 0 rings (SSSR count). The number of rotatable bonds is 34. The molecule has 1 unspecified atom stereocenters. The lowest BCUT2D eigenvalue weighted by molar-refractivity contribution is -0.167. The molecule has 0 aliphatic rings. The van der Waals surface area contributed by atoms with Crippen molar-refractivity contribution in [3.8, 4) is 0 Å². The Morgan fingerprint density at radius 1 is 0.339 bits per heavy atom. The van der Waals surface area contributed by atoms with Crippen molar-refractivity contribution in [2.75, 3.05) is 13.2 Å². The molecule has 6 heteroatoms. The van der Waals surface area contributed by atoms with Gasteiger partial charge in [0.2, 0.25) is 0 Å². The van der Waals surface area contributed by atoms with Gasteiger partial charge in [-0.05, 0) is 64.2 Å². The molecule has 0 aromatic rings. The van der Waals surface area contributed by atoms with Gasteiger partial charge in [-0.25, -0.2) is 0 Å². The summed E-state index contributed by atoms with van der Waals surface area (Å²) < 4.78 is 16.5. The predicted molar refractivity (Wildman–Crippen MR) is 251 cm³/mol. The average molecular weight is 805 g/mol. The summed E-state index contributed by atoms with van der Waals surface area (Å²) in [6.07, 6.45) is 68.9. The van der Waals surface area contributed by atoms with Crippen molar-refractivity contribution in [1.29, 1.82) is 0 Å². The lowest BCUT2D eigenvalue weighted by Gasteiger charge is -2.18. The summed E-state index contributed by atoms with van der Waals surface area (Å²) in [6.45, 7) is 5.97. The van der Waals surface area contributed by atoms with E-state index < -0.39 is 12.1 Å². The maximum Gasteiger partial charge on any atom is 0.306 e. The van der Waals surface area contributed by atoms with E-state index in [4.69, 9.17) is 14.2 Å². The molecule has 0 bridgehead atoms. The molecule has 0 heterocycles. The average Bonchev–Trinajstić information content (AvgIpc) is 3.23. The topological polar surface area (TPSA) is 78.9 Å². The summed E-state index contributed by atoms with van der Waals surface area (Å²) in [4.78, 5) is 37.7. The molecule has 320 valence electrons. The van der Waals surface area contributed by atoms with E-state index in [0.717, 1.165) is 44.9 Å². The van der Waals surface area contributed by atoms with Crippen LogP contribution in [0.25, 0.3) is 0 Å². The van der Waals surface area contributed by atoms with E-state index in [2.05, 4.69) is 45.1 Å². The van der Waals surface area contributed by atoms with Crippen LogP contribution in [0.4, 0.5) is 0 Å². The molecular weight excluding hydrogens is 733 g/mol. The number of carbonyl (C=O) groups is 3. The van der Waals surface area contributed by atoms with Crippen LogP contribution >= 0.6 is 0 Å². The summed E-state index contributed by atoms with van der Waals surface area (Å²) in [5, 5.41) is 0. The van der Waals surface area contributed by atoms with Gasteiger partial charge in [0.05, 0.1) is 0 Å². The molecule has 0 fully saturated rings. The van der Waals surface area contributed by atoms with E-state index in [1.807, 2.05) is 158 Å². The predicted octanol–water partition coefficient (Wildman–Crippen LogP) is 13.8. The third-order valence-corrected chi connectivity index (χ3v) is 7.77. The van der Waals surface area contributed by atoms with Gasteiger partial charge in [0.1, 0.15) is 13.2 Å². The molecule has 0 aromatic carbocycles. The summed E-state index contributed by atoms with van der Waals surface area (Å²) in [7, 11) is 0. The van der Waals surface area contributed by atoms with E-state index in [-0.39, 0.29) is 44.4 Å². The first-order valence-electron chi connectivity index (χ1n) is 21.5. The molecule has 0 aliphatic carbocycles. The molecule has 0 saturated carbocycles. The molecule has 0 aliphatic heterocycles. The Labute approximate surface area is 357 Å². The number of allylic oxidation sites excluding steroid dienone is 30. The fraction of sp³-hybridized carbons (Fsp3) is 0.377. The van der Waals surface area contributed by atoms with Crippen LogP contribution in [0.2, 0.25) is 0 Å². The maximum atomic E-state index is 12.7. The first kappa shape index (κ1) is 53.5. The van der Waals surface area contributed by atoms with Crippen molar-refractivity contribution >= 4 is 17.9 Å². The fourth-order valence-corrected chi connectivity index (χ4v) is 4.64. The molecular formula is C53H72O6. The maximum absolute atomic E-state index is 12.7. The van der Waals surface area contributed by atoms with E-state index in [0.29, 0.717) is 25.7 Å². The lowest BCUT2D eigenvalue weighted by Crippen LogP contribution is -2.30. The van der Waals surface area contributed by atoms with Crippen LogP contribution in [-0.4, -0.2) is 37.2 Å². The monoisotopic (exact) mass is 805 g/mol. The second-order valence-electron chi connectivity index (χ2n) is 13.1. The Bertz CT molecular complexity index is 1530. The third-order valence-electron chi connectivity index (χ3n) is 7.77. The van der Waals surface area contributed by atoms with E-state index in [1.54, 1.807) is 0 Å². The lowest BCUT2D eigenvalue weighted by atomic mass is 10.1. The second-order valence-corrected chi connectivity index (χ2v) is 13.1. The van der Waals surface area contributed by atoms with Gasteiger partial charge in [0.25, 0.3) is 0 Å². The molecule has 0 saturated heterocycles. The molecule has 59 heavy (non-hydrogen) atoms. The van der Waals surface area contributed by atoms with Crippen LogP contribution in [0, 0.1) is 0 Å². The van der Waals surface area contributed by atoms with Gasteiger partial charge < -0.3 is 14.2 Å². The van der Waals surface area contributed by atoms with E-state index in [1.165, 1.54) is 0 Å². The first-order valence-corrected chi connectivity index (χ1v) is 21.5. The summed E-state index contributed by atoms with van der Waals surface area (Å²) in [5.74, 6) is -1.18. The van der Waals surface area contributed by atoms with Crippen LogP contribution in [0.3, 0.4) is 0 Å². The Morgan fingerprint density at radius 2 is 0.627 bits per heavy atom. The number of esters is 3. The summed E-state index contributed by atoms with van der Waals surface area (Å²) in [6, 6.07) is 0. The minimum atomic E-state index is -0.871. The molecule has 0 aromatic heterocycles. The van der Waals surface area contributed by atoms with Crippen LogP contribution in [0.15, 0.2) is 182 Å². The van der Waals surface area contributed by atoms with Gasteiger partial charge in [-0.2, -0.15) is 0 Å². The minimum absolute atomic E-state index is 0.163. The van der Waals surface area contributed by atoms with Gasteiger partial charge in [0.15, 0.2) is 6.10 Å². The Hall–Kier alpha value is -5.49. The molecule has 0 amide bonds. The zero-order valence-electron chi connectivity index (χ0n) is 36.2. The zero-order chi connectivity index (χ0) is 43.0. The van der Waals surface area contributed by atoms with Gasteiger partial charge in [-0.3, -0.25) is 14.4 Å². The second kappa shape index (κ2) is 45.2. The van der Waals surface area contributed by atoms with E-state index >= 15 is 0 Å². The van der Waals surface area contributed by atoms with Gasteiger partial charge in [-0.15, -0.1) is 0 Å². The van der Waals surface area contributed by atoms with Crippen molar-refractivity contribution in [1.82, 2.24) is 0 Å². The largest absolute Gasteiger partial charge is 0.462 e. The van der Waals surface area contributed by atoms with Gasteiger partial charge >= 0.3 is 17.9 Å². The number of unbranched alkanes of at least 4 members (excludes halogenated alkanes) is 5. The molecule has 1 atom stereocenters. The van der Waals surface area contributed by atoms with Crippen molar-refractivity contribution < 1.29 is 28.6 Å². The SMILES string of the molecule is CC\C=C/C=C\C=C/C=C\C=C/CCCCCC(=O)OCC(COC(=O)CCC\C=C/C=C\C=C/C=C\C=C/CC)OC(=O)CCC\C=C/C=C\C=C/C=C\C=C/CC. The number of carbonyl (C=O) groups excluding carboxylic acids is 3. The standard InChI is InChI=1S/C53H72O6/c1-4-7-10-13-16-19-22-25-26-29-31-34-37-40-43-46-52(55)58-49-50(59-53(56)47-44-41-38-35-32-28-24-21-18-15-12-9-6-3)48-57-51(54)45-42-39-36-33-30-27-23-20-17-14-11-8-5-2/h7-33,35-36,38,50H,4-6,34,37,39-49H2,1-3H3/b10-7-,11-8-,12-9-,16-13-,17-14-,18-15-,22-19-,23-20-,24-21-,26-25-,30-27-,31-29-,32-28-,36-33-,38-35-. The Balaban J connectivity index is 4.76. The normalized spacial score (nSPS) is 13.9. The highest BCUT2D eigenvalue weighted by atomic mass is 16.6. The first-order chi connectivity index (χ1) is 29.0. The highest BCUT2D eigenvalue weighted by Crippen LogP contribution is 2.09. The molecule has 0 N–H and O–H groups in total. The van der Waals surface area contributed by atoms with E-state index in [9.17, 15) is 14.4 Å². The van der Waals surface area contributed by atoms with Crippen LogP contribution in [0.5, 0.6) is 0 Å². The highest BCUT2D eigenvalue weighted by Gasteiger charge is 2.19. The van der Waals surface area contributed by atoms with Gasteiger partial charge in [0, 0.05) is 19.3 Å². The van der Waals surface area contributed by atoms with Crippen molar-refractivity contribution in [3.05, 3.63) is 182 Å². The fourth-order valence-electron chi connectivity index (χ4n) is 4.64. The highest BCUT2D eigenvalue weighted by molar-refractivity contribution is 5.71. The number of ether oxygens (including phenoxy) is 3. The van der Waals surface area contributed by atoms with Crippen molar-refractivity contribution in [2.45, 2.75) is 117 Å². The molecule has 0 spiro atoms. The quantitative estimate of drug-likeness (QED) is 0.0279. The minimum Gasteiger partial charge on any atom is -0.462 e. The van der Waals surface area contributed by atoms with Gasteiger partial charge in [-0.1, -0.05) is 209 Å². The third kappa shape index (κ3) is 43.5. The smallest absolute Gasteiger partial charge is 0.306 e.